The normalized spacial score (nSPS) is 16.5. The van der Waals surface area contributed by atoms with Gasteiger partial charge in [0, 0.05) is 25.8 Å². The van der Waals surface area contributed by atoms with Crippen molar-refractivity contribution >= 4 is 11.6 Å². The second-order valence-corrected chi connectivity index (χ2v) is 7.24. The van der Waals surface area contributed by atoms with E-state index in [1.807, 2.05) is 0 Å². The molecule has 1 amide bonds. The van der Waals surface area contributed by atoms with Gasteiger partial charge < -0.3 is 5.32 Å². The molecule has 0 unspecified atom stereocenters. The lowest BCUT2D eigenvalue weighted by Gasteiger charge is -2.31. The van der Waals surface area contributed by atoms with E-state index in [2.05, 4.69) is 10.4 Å². The van der Waals surface area contributed by atoms with Gasteiger partial charge in [0.25, 0.3) is 0 Å². The first-order chi connectivity index (χ1) is 14.4. The van der Waals surface area contributed by atoms with Crippen molar-refractivity contribution in [1.29, 1.82) is 0 Å². The lowest BCUT2D eigenvalue weighted by Crippen LogP contribution is -2.41. The molecule has 2 heterocycles. The summed E-state index contributed by atoms with van der Waals surface area (Å²) in [4.78, 5) is 26.0. The van der Waals surface area contributed by atoms with Gasteiger partial charge in [0.2, 0.25) is 11.7 Å². The van der Waals surface area contributed by atoms with Crippen LogP contribution >= 0.6 is 0 Å². The molecule has 0 radical (unpaired) electrons. The van der Waals surface area contributed by atoms with Crippen LogP contribution in [0.5, 0.6) is 0 Å². The highest BCUT2D eigenvalue weighted by Crippen LogP contribution is 2.30. The number of aromatic nitrogens is 3. The van der Waals surface area contributed by atoms with E-state index in [-0.39, 0.29) is 12.2 Å². The zero-order chi connectivity index (χ0) is 23.0. The zero-order valence-corrected chi connectivity index (χ0v) is 16.3. The van der Waals surface area contributed by atoms with Gasteiger partial charge in [-0.05, 0) is 37.1 Å². The van der Waals surface area contributed by atoms with Crippen LogP contribution in [0.4, 0.5) is 32.0 Å². The van der Waals surface area contributed by atoms with Crippen molar-refractivity contribution in [3.8, 4) is 0 Å². The molecule has 1 N–H and O–H groups in total. The number of nitrogens with zero attached hydrogens (tertiary/aromatic N) is 4. The molecule has 7 nitrogen and oxygen atoms in total. The fourth-order valence-corrected chi connectivity index (χ4v) is 3.41. The molecule has 1 saturated heterocycles. The van der Waals surface area contributed by atoms with Crippen LogP contribution < -0.4 is 11.0 Å². The van der Waals surface area contributed by atoms with Crippen LogP contribution in [0.1, 0.15) is 30.3 Å². The third kappa shape index (κ3) is 5.27. The number of rotatable bonds is 4. The van der Waals surface area contributed by atoms with Gasteiger partial charge in [0.05, 0.1) is 18.2 Å². The lowest BCUT2D eigenvalue weighted by molar-refractivity contribution is -0.147. The van der Waals surface area contributed by atoms with Gasteiger partial charge >= 0.3 is 18.0 Å². The lowest BCUT2D eigenvalue weighted by atomic mass is 10.1. The molecule has 3 rings (SSSR count). The first kappa shape index (κ1) is 22.8. The van der Waals surface area contributed by atoms with Crippen LogP contribution in [0.15, 0.2) is 29.1 Å². The Morgan fingerprint density at radius 2 is 1.65 bits per heavy atom. The Kier molecular flexibility index (Phi) is 6.16. The van der Waals surface area contributed by atoms with Gasteiger partial charge in [-0.2, -0.15) is 26.3 Å². The van der Waals surface area contributed by atoms with E-state index < -0.39 is 41.4 Å². The fourth-order valence-electron chi connectivity index (χ4n) is 3.41. The van der Waals surface area contributed by atoms with Gasteiger partial charge in [0.1, 0.15) is 0 Å². The van der Waals surface area contributed by atoms with E-state index in [0.29, 0.717) is 30.5 Å². The van der Waals surface area contributed by atoms with Crippen molar-refractivity contribution in [3.63, 3.8) is 0 Å². The number of halogens is 6. The van der Waals surface area contributed by atoms with Gasteiger partial charge in [-0.3, -0.25) is 14.3 Å². The zero-order valence-electron chi connectivity index (χ0n) is 16.3. The van der Waals surface area contributed by atoms with Crippen molar-refractivity contribution in [2.75, 3.05) is 25.0 Å². The number of piperidine rings is 1. The SMILES string of the molecule is Cn1c(C(F)(F)F)nn(C2CCN(CC(=O)Nc3ccc(C(F)(F)F)cc3)CC2)c1=O. The Hall–Kier alpha value is -2.83. The molecule has 0 aliphatic carbocycles. The average Bonchev–Trinajstić information content (AvgIpc) is 2.97. The molecule has 0 spiro atoms. The maximum absolute atomic E-state index is 12.9. The molecule has 1 aliphatic heterocycles. The third-order valence-electron chi connectivity index (χ3n) is 5.02. The van der Waals surface area contributed by atoms with E-state index >= 15 is 0 Å². The van der Waals surface area contributed by atoms with Crippen LogP contribution in [-0.4, -0.2) is 44.8 Å². The first-order valence-corrected chi connectivity index (χ1v) is 9.28. The monoisotopic (exact) mass is 451 g/mol. The number of nitrogens with one attached hydrogen (secondary N) is 1. The average molecular weight is 451 g/mol. The predicted molar refractivity (Wildman–Crippen MR) is 97.3 cm³/mol. The van der Waals surface area contributed by atoms with E-state index in [0.717, 1.165) is 36.0 Å². The molecule has 1 aromatic heterocycles. The molecular weight excluding hydrogens is 432 g/mol. The molecule has 31 heavy (non-hydrogen) atoms. The number of hydrogen-bond acceptors (Lipinski definition) is 4. The Labute approximate surface area is 172 Å². The van der Waals surface area contributed by atoms with Crippen molar-refractivity contribution in [1.82, 2.24) is 19.2 Å². The molecule has 170 valence electrons. The minimum absolute atomic E-state index is 0.0430. The highest BCUT2D eigenvalue weighted by molar-refractivity contribution is 5.92. The van der Waals surface area contributed by atoms with E-state index in [4.69, 9.17) is 0 Å². The summed E-state index contributed by atoms with van der Waals surface area (Å²) < 4.78 is 77.8. The number of hydrogen-bond donors (Lipinski definition) is 1. The molecule has 0 atom stereocenters. The second-order valence-electron chi connectivity index (χ2n) is 7.24. The number of likely N-dealkylation sites (tertiary alicyclic amines) is 1. The van der Waals surface area contributed by atoms with Crippen LogP contribution in [0.3, 0.4) is 0 Å². The topological polar surface area (TPSA) is 72.2 Å². The summed E-state index contributed by atoms with van der Waals surface area (Å²) in [5.41, 5.74) is -1.47. The number of benzene rings is 1. The Morgan fingerprint density at radius 1 is 1.06 bits per heavy atom. The number of carbonyl (C=O) groups excluding carboxylic acids is 1. The minimum Gasteiger partial charge on any atom is -0.325 e. The van der Waals surface area contributed by atoms with Gasteiger partial charge in [0.15, 0.2) is 0 Å². The summed E-state index contributed by atoms with van der Waals surface area (Å²) in [6.45, 7) is 0.642. The quantitative estimate of drug-likeness (QED) is 0.726. The number of alkyl halides is 6. The third-order valence-corrected chi connectivity index (χ3v) is 5.02. The predicted octanol–water partition coefficient (Wildman–Crippen LogP) is 2.90. The van der Waals surface area contributed by atoms with Gasteiger partial charge in [-0.15, -0.1) is 5.10 Å². The number of anilines is 1. The van der Waals surface area contributed by atoms with Crippen molar-refractivity contribution in [2.24, 2.45) is 7.05 Å². The van der Waals surface area contributed by atoms with Gasteiger partial charge in [-0.25, -0.2) is 9.48 Å². The Balaban J connectivity index is 1.55. The molecule has 2 aromatic rings. The summed E-state index contributed by atoms with van der Waals surface area (Å²) in [6.07, 6.45) is -8.57. The molecule has 1 aliphatic rings. The Morgan fingerprint density at radius 3 is 2.13 bits per heavy atom. The van der Waals surface area contributed by atoms with Crippen LogP contribution in [0.2, 0.25) is 0 Å². The summed E-state index contributed by atoms with van der Waals surface area (Å²) >= 11 is 0. The minimum atomic E-state index is -4.74. The summed E-state index contributed by atoms with van der Waals surface area (Å²) in [6, 6.07) is 3.50. The van der Waals surface area contributed by atoms with E-state index in [9.17, 15) is 35.9 Å². The summed E-state index contributed by atoms with van der Waals surface area (Å²) in [5.74, 6) is -1.71. The summed E-state index contributed by atoms with van der Waals surface area (Å²) in [7, 11) is 1.01. The largest absolute Gasteiger partial charge is 0.451 e. The molecule has 0 saturated carbocycles. The molecule has 1 fully saturated rings. The van der Waals surface area contributed by atoms with E-state index in [1.54, 1.807) is 4.90 Å². The second kappa shape index (κ2) is 8.36. The summed E-state index contributed by atoms with van der Waals surface area (Å²) in [5, 5.41) is 5.94. The highest BCUT2D eigenvalue weighted by Gasteiger charge is 2.39. The molecular formula is C18H19F6N5O2. The van der Waals surface area contributed by atoms with Crippen LogP contribution in [0.25, 0.3) is 0 Å². The smallest absolute Gasteiger partial charge is 0.325 e. The Bertz CT molecular complexity index is 985. The molecule has 1 aromatic carbocycles. The maximum Gasteiger partial charge on any atom is 0.451 e. The van der Waals surface area contributed by atoms with E-state index in [1.165, 1.54) is 0 Å². The van der Waals surface area contributed by atoms with Crippen molar-refractivity contribution < 1.29 is 31.1 Å². The highest BCUT2D eigenvalue weighted by atomic mass is 19.4. The van der Waals surface area contributed by atoms with Crippen LogP contribution in [0, 0.1) is 0 Å². The number of amides is 1. The van der Waals surface area contributed by atoms with Gasteiger partial charge in [-0.1, -0.05) is 0 Å². The number of carbonyl (C=O) groups is 1. The molecule has 13 heteroatoms. The van der Waals surface area contributed by atoms with Crippen molar-refractivity contribution in [3.05, 3.63) is 46.1 Å². The fraction of sp³-hybridized carbons (Fsp3) is 0.500. The first-order valence-electron chi connectivity index (χ1n) is 9.28. The van der Waals surface area contributed by atoms with Crippen molar-refractivity contribution in [2.45, 2.75) is 31.2 Å². The molecule has 0 bridgehead atoms. The standard InChI is InChI=1S/C18H19F6N5O2/c1-27-15(18(22,23)24)26-29(16(27)31)13-6-8-28(9-7-13)10-14(30)25-12-4-2-11(3-5-12)17(19,20)21/h2-5,13H,6-10H2,1H3,(H,25,30). The maximum atomic E-state index is 12.9. The van der Waals surface area contributed by atoms with Crippen LogP contribution in [-0.2, 0) is 24.2 Å².